The van der Waals surface area contributed by atoms with E-state index in [1.54, 1.807) is 18.2 Å². The zero-order chi connectivity index (χ0) is 13.6. The predicted molar refractivity (Wildman–Crippen MR) is 72.0 cm³/mol. The minimum absolute atomic E-state index is 0.165. The molecule has 1 rings (SSSR count). The van der Waals surface area contributed by atoms with Crippen LogP contribution in [0.1, 0.15) is 27.2 Å². The molecule has 0 spiro atoms. The maximum atomic E-state index is 13.3. The van der Waals surface area contributed by atoms with Crippen molar-refractivity contribution in [2.24, 2.45) is 5.41 Å². The second kappa shape index (κ2) is 6.50. The molecule has 2 N–H and O–H groups in total. The van der Waals surface area contributed by atoms with Crippen molar-refractivity contribution in [2.75, 3.05) is 18.4 Å². The first-order valence-corrected chi connectivity index (χ1v) is 6.20. The van der Waals surface area contributed by atoms with Gasteiger partial charge in [-0.25, -0.2) is 4.39 Å². The smallest absolute Gasteiger partial charge is 0.238 e. The minimum atomic E-state index is -0.417. The van der Waals surface area contributed by atoms with Crippen LogP contribution in [-0.4, -0.2) is 19.0 Å². The topological polar surface area (TPSA) is 41.1 Å². The van der Waals surface area contributed by atoms with E-state index >= 15 is 0 Å². The summed E-state index contributed by atoms with van der Waals surface area (Å²) in [7, 11) is 0. The molecule has 0 aliphatic carbocycles. The average Bonchev–Trinajstić information content (AvgIpc) is 2.32. The molecule has 0 saturated carbocycles. The molecular weight excluding hydrogens is 231 g/mol. The Kier molecular flexibility index (Phi) is 5.28. The van der Waals surface area contributed by atoms with Crippen LogP contribution in [0.5, 0.6) is 0 Å². The van der Waals surface area contributed by atoms with Gasteiger partial charge in [-0.05, 0) is 24.0 Å². The first-order valence-electron chi connectivity index (χ1n) is 6.20. The summed E-state index contributed by atoms with van der Waals surface area (Å²) in [4.78, 5) is 11.6. The SMILES string of the molecule is CCC(C)(C)CNCC(=O)Nc1ccccc1F. The summed E-state index contributed by atoms with van der Waals surface area (Å²) < 4.78 is 13.3. The molecule has 0 bridgehead atoms. The summed E-state index contributed by atoms with van der Waals surface area (Å²) in [6.07, 6.45) is 1.04. The lowest BCUT2D eigenvalue weighted by Gasteiger charge is -2.22. The number of para-hydroxylation sites is 1. The van der Waals surface area contributed by atoms with Crippen LogP contribution in [0.4, 0.5) is 10.1 Å². The van der Waals surface area contributed by atoms with E-state index in [0.717, 1.165) is 13.0 Å². The number of anilines is 1. The van der Waals surface area contributed by atoms with Gasteiger partial charge in [-0.3, -0.25) is 4.79 Å². The molecule has 4 heteroatoms. The molecule has 3 nitrogen and oxygen atoms in total. The molecule has 100 valence electrons. The Morgan fingerprint density at radius 1 is 1.33 bits per heavy atom. The third kappa shape index (κ3) is 4.84. The lowest BCUT2D eigenvalue weighted by atomic mass is 9.90. The van der Waals surface area contributed by atoms with Crippen LogP contribution in [-0.2, 0) is 4.79 Å². The molecule has 0 saturated heterocycles. The van der Waals surface area contributed by atoms with Crippen molar-refractivity contribution >= 4 is 11.6 Å². The second-order valence-corrected chi connectivity index (χ2v) is 5.15. The Bertz CT molecular complexity index is 405. The lowest BCUT2D eigenvalue weighted by molar-refractivity contribution is -0.115. The van der Waals surface area contributed by atoms with E-state index in [0.29, 0.717) is 0 Å². The number of carbonyl (C=O) groups excluding carboxylic acids is 1. The van der Waals surface area contributed by atoms with Crippen LogP contribution in [0, 0.1) is 11.2 Å². The summed E-state index contributed by atoms with van der Waals surface area (Å²) in [5.41, 5.74) is 0.386. The third-order valence-corrected chi connectivity index (χ3v) is 2.99. The third-order valence-electron chi connectivity index (χ3n) is 2.99. The zero-order valence-corrected chi connectivity index (χ0v) is 11.2. The fourth-order valence-corrected chi connectivity index (χ4v) is 1.40. The second-order valence-electron chi connectivity index (χ2n) is 5.15. The molecule has 1 aromatic carbocycles. The highest BCUT2D eigenvalue weighted by Crippen LogP contribution is 2.17. The summed E-state index contributed by atoms with van der Waals surface area (Å²) in [5.74, 6) is -0.647. The van der Waals surface area contributed by atoms with Crippen molar-refractivity contribution in [3.63, 3.8) is 0 Å². The number of carbonyl (C=O) groups is 1. The lowest BCUT2D eigenvalue weighted by Crippen LogP contribution is -2.35. The summed E-state index contributed by atoms with van der Waals surface area (Å²) in [5, 5.41) is 5.62. The van der Waals surface area contributed by atoms with Gasteiger partial charge in [0.2, 0.25) is 5.91 Å². The fraction of sp³-hybridized carbons (Fsp3) is 0.500. The number of nitrogens with one attached hydrogen (secondary N) is 2. The number of hydrogen-bond acceptors (Lipinski definition) is 2. The van der Waals surface area contributed by atoms with Gasteiger partial charge in [0.25, 0.3) is 0 Å². The van der Waals surface area contributed by atoms with Gasteiger partial charge in [0, 0.05) is 6.54 Å². The molecule has 0 aliphatic heterocycles. The Morgan fingerprint density at radius 2 is 2.00 bits per heavy atom. The summed E-state index contributed by atoms with van der Waals surface area (Å²) in [6, 6.07) is 6.14. The van der Waals surface area contributed by atoms with Crippen LogP contribution in [0.25, 0.3) is 0 Å². The first kappa shape index (κ1) is 14.6. The van der Waals surface area contributed by atoms with Crippen molar-refractivity contribution in [1.29, 1.82) is 0 Å². The number of benzene rings is 1. The Balaban J connectivity index is 2.37. The Labute approximate surface area is 108 Å². The monoisotopic (exact) mass is 252 g/mol. The van der Waals surface area contributed by atoms with Gasteiger partial charge in [0.15, 0.2) is 0 Å². The van der Waals surface area contributed by atoms with Crippen molar-refractivity contribution in [1.82, 2.24) is 5.32 Å². The summed E-state index contributed by atoms with van der Waals surface area (Å²) >= 11 is 0. The Hall–Kier alpha value is -1.42. The molecule has 0 atom stereocenters. The molecule has 1 aromatic rings. The van der Waals surface area contributed by atoms with Gasteiger partial charge in [-0.2, -0.15) is 0 Å². The molecule has 0 aromatic heterocycles. The van der Waals surface area contributed by atoms with Crippen LogP contribution in [0.15, 0.2) is 24.3 Å². The predicted octanol–water partition coefficient (Wildman–Crippen LogP) is 2.79. The summed E-state index contributed by atoms with van der Waals surface area (Å²) in [6.45, 7) is 7.33. The molecule has 0 radical (unpaired) electrons. The van der Waals surface area contributed by atoms with Gasteiger partial charge >= 0.3 is 0 Å². The molecule has 0 aliphatic rings. The van der Waals surface area contributed by atoms with Gasteiger partial charge < -0.3 is 10.6 Å². The van der Waals surface area contributed by atoms with E-state index in [1.807, 2.05) is 0 Å². The van der Waals surface area contributed by atoms with Crippen LogP contribution >= 0.6 is 0 Å². The van der Waals surface area contributed by atoms with Crippen LogP contribution in [0.2, 0.25) is 0 Å². The van der Waals surface area contributed by atoms with E-state index in [1.165, 1.54) is 6.07 Å². The van der Waals surface area contributed by atoms with Gasteiger partial charge in [-0.15, -0.1) is 0 Å². The average molecular weight is 252 g/mol. The zero-order valence-electron chi connectivity index (χ0n) is 11.2. The number of amides is 1. The van der Waals surface area contributed by atoms with Crippen molar-refractivity contribution in [2.45, 2.75) is 27.2 Å². The Morgan fingerprint density at radius 3 is 2.61 bits per heavy atom. The van der Waals surface area contributed by atoms with Crippen molar-refractivity contribution < 1.29 is 9.18 Å². The highest BCUT2D eigenvalue weighted by Gasteiger charge is 2.15. The largest absolute Gasteiger partial charge is 0.322 e. The highest BCUT2D eigenvalue weighted by atomic mass is 19.1. The van der Waals surface area contributed by atoms with E-state index < -0.39 is 5.82 Å². The van der Waals surface area contributed by atoms with Gasteiger partial charge in [0.1, 0.15) is 5.82 Å². The quantitative estimate of drug-likeness (QED) is 0.817. The van der Waals surface area contributed by atoms with Crippen molar-refractivity contribution in [3.8, 4) is 0 Å². The van der Waals surface area contributed by atoms with Crippen LogP contribution in [0.3, 0.4) is 0 Å². The maximum Gasteiger partial charge on any atom is 0.238 e. The van der Waals surface area contributed by atoms with Gasteiger partial charge in [0.05, 0.1) is 12.2 Å². The highest BCUT2D eigenvalue weighted by molar-refractivity contribution is 5.92. The fourth-order valence-electron chi connectivity index (χ4n) is 1.40. The van der Waals surface area contributed by atoms with Gasteiger partial charge in [-0.1, -0.05) is 32.9 Å². The standard InChI is InChI=1S/C14H21FN2O/c1-4-14(2,3)10-16-9-13(18)17-12-8-6-5-7-11(12)15/h5-8,16H,4,9-10H2,1-3H3,(H,17,18). The number of halogens is 1. The number of rotatable bonds is 6. The molecule has 0 fully saturated rings. The normalized spacial score (nSPS) is 11.3. The molecule has 18 heavy (non-hydrogen) atoms. The van der Waals surface area contributed by atoms with E-state index in [2.05, 4.69) is 31.4 Å². The van der Waals surface area contributed by atoms with E-state index in [-0.39, 0.29) is 23.6 Å². The van der Waals surface area contributed by atoms with Crippen molar-refractivity contribution in [3.05, 3.63) is 30.1 Å². The minimum Gasteiger partial charge on any atom is -0.322 e. The van der Waals surface area contributed by atoms with E-state index in [4.69, 9.17) is 0 Å². The maximum absolute atomic E-state index is 13.3. The van der Waals surface area contributed by atoms with E-state index in [9.17, 15) is 9.18 Å². The molecule has 0 unspecified atom stereocenters. The van der Waals surface area contributed by atoms with Crippen LogP contribution < -0.4 is 10.6 Å². The molecular formula is C14H21FN2O. The number of hydrogen-bond donors (Lipinski definition) is 2. The molecule has 0 heterocycles. The first-order chi connectivity index (χ1) is 8.44. The molecule has 1 amide bonds.